The molecule has 0 radical (unpaired) electrons. The normalized spacial score (nSPS) is 12.8. The van der Waals surface area contributed by atoms with E-state index in [9.17, 15) is 14.3 Å². The summed E-state index contributed by atoms with van der Waals surface area (Å²) in [5, 5.41) is 0. The van der Waals surface area contributed by atoms with Crippen LogP contribution in [0.15, 0.2) is 78.9 Å². The average molecular weight is 688 g/mol. The third-order valence-electron chi connectivity index (χ3n) is 6.86. The van der Waals surface area contributed by atoms with Crippen LogP contribution in [-0.2, 0) is 41.0 Å². The zero-order chi connectivity index (χ0) is 34.5. The van der Waals surface area contributed by atoms with Gasteiger partial charge >= 0.3 is 5.97 Å². The minimum absolute atomic E-state index is 0.0507. The van der Waals surface area contributed by atoms with Gasteiger partial charge in [-0.3, -0.25) is 4.57 Å². The van der Waals surface area contributed by atoms with E-state index in [1.807, 2.05) is 81.8 Å². The second-order valence-electron chi connectivity index (χ2n) is 12.1. The number of phosphoric acid groups is 1. The molecule has 0 aliphatic rings. The SMILES string of the molecule is C[N+](C)(C)CCOP(=O)([O-])OCCCCCCOC(=O)c1cc(OCCOCc2ccccc2)cc(OCCOCc2ccccc2)c1. The lowest BCUT2D eigenvalue weighted by Gasteiger charge is -2.27. The lowest BCUT2D eigenvalue weighted by Crippen LogP contribution is -2.37. The van der Waals surface area contributed by atoms with Crippen molar-refractivity contribution in [2.24, 2.45) is 0 Å². The molecular formula is C36H50NO10P. The van der Waals surface area contributed by atoms with Gasteiger partial charge in [0, 0.05) is 6.07 Å². The number of hydrogen-bond donors (Lipinski definition) is 0. The molecular weight excluding hydrogens is 637 g/mol. The maximum Gasteiger partial charge on any atom is 0.338 e. The standard InChI is InChI=1S/C36H50NO10P/c1-37(2,3)18-21-47-48(39,40)46-20-13-5-4-12-19-45-36(38)33-26-34(43-24-22-41-29-31-14-8-6-9-15-31)28-35(27-33)44-25-23-42-30-32-16-10-7-11-17-32/h6-11,14-17,26-28H,4-5,12-13,18-25,29-30H2,1-3H3. The number of quaternary nitrogens is 1. The van der Waals surface area contributed by atoms with Crippen LogP contribution in [0.3, 0.4) is 0 Å². The molecule has 3 aromatic rings. The first-order valence-corrected chi connectivity index (χ1v) is 17.8. The fourth-order valence-electron chi connectivity index (χ4n) is 4.27. The lowest BCUT2D eigenvalue weighted by molar-refractivity contribution is -0.870. The quantitative estimate of drug-likeness (QED) is 0.0468. The molecule has 0 heterocycles. The van der Waals surface area contributed by atoms with Crippen LogP contribution in [0.2, 0.25) is 0 Å². The average Bonchev–Trinajstić information content (AvgIpc) is 3.05. The number of carbonyl (C=O) groups excluding carboxylic acids is 1. The molecule has 3 rings (SSSR count). The van der Waals surface area contributed by atoms with Gasteiger partial charge in [-0.25, -0.2) is 4.79 Å². The third-order valence-corrected chi connectivity index (χ3v) is 7.86. The van der Waals surface area contributed by atoms with Crippen LogP contribution in [0.1, 0.15) is 47.2 Å². The van der Waals surface area contributed by atoms with Crippen molar-refractivity contribution in [1.82, 2.24) is 0 Å². The first-order valence-electron chi connectivity index (χ1n) is 16.3. The monoisotopic (exact) mass is 687 g/mol. The first-order chi connectivity index (χ1) is 23.1. The smallest absolute Gasteiger partial charge is 0.338 e. The molecule has 1 unspecified atom stereocenters. The number of carbonyl (C=O) groups is 1. The van der Waals surface area contributed by atoms with Crippen molar-refractivity contribution >= 4 is 13.8 Å². The summed E-state index contributed by atoms with van der Waals surface area (Å²) in [6, 6.07) is 24.7. The van der Waals surface area contributed by atoms with Crippen LogP contribution in [0.5, 0.6) is 11.5 Å². The van der Waals surface area contributed by atoms with E-state index >= 15 is 0 Å². The van der Waals surface area contributed by atoms with E-state index in [1.165, 1.54) is 0 Å². The number of ether oxygens (including phenoxy) is 5. The van der Waals surface area contributed by atoms with Gasteiger partial charge in [0.05, 0.1) is 66.3 Å². The Labute approximate surface area is 284 Å². The van der Waals surface area contributed by atoms with Crippen LogP contribution in [0.25, 0.3) is 0 Å². The van der Waals surface area contributed by atoms with Gasteiger partial charge in [-0.05, 0) is 42.5 Å². The Kier molecular flexibility index (Phi) is 17.7. The summed E-state index contributed by atoms with van der Waals surface area (Å²) in [5.41, 5.74) is 2.46. The maximum atomic E-state index is 12.9. The van der Waals surface area contributed by atoms with Gasteiger partial charge in [0.25, 0.3) is 7.82 Å². The van der Waals surface area contributed by atoms with E-state index in [0.29, 0.717) is 80.6 Å². The second-order valence-corrected chi connectivity index (χ2v) is 13.6. The van der Waals surface area contributed by atoms with Gasteiger partial charge in [-0.2, -0.15) is 0 Å². The highest BCUT2D eigenvalue weighted by atomic mass is 31.2. The van der Waals surface area contributed by atoms with Crippen molar-refractivity contribution in [2.75, 3.05) is 73.9 Å². The number of phosphoric ester groups is 1. The minimum atomic E-state index is -4.31. The van der Waals surface area contributed by atoms with Gasteiger partial charge in [0.15, 0.2) is 0 Å². The zero-order valence-electron chi connectivity index (χ0n) is 28.4. The molecule has 1 atom stereocenters. The largest absolute Gasteiger partial charge is 0.756 e. The number of esters is 1. The van der Waals surface area contributed by atoms with E-state index in [-0.39, 0.29) is 19.8 Å². The van der Waals surface area contributed by atoms with Gasteiger partial charge in [-0.15, -0.1) is 0 Å². The molecule has 12 heteroatoms. The van der Waals surface area contributed by atoms with Gasteiger partial charge in [0.1, 0.15) is 37.9 Å². The molecule has 0 amide bonds. The van der Waals surface area contributed by atoms with Crippen LogP contribution in [0.4, 0.5) is 0 Å². The van der Waals surface area contributed by atoms with Crippen LogP contribution in [0, 0.1) is 0 Å². The van der Waals surface area contributed by atoms with Crippen LogP contribution in [-0.4, -0.2) is 84.4 Å². The number of likely N-dealkylation sites (N-methyl/N-ethyl adjacent to an activating group) is 1. The van der Waals surface area contributed by atoms with Gasteiger partial charge in [0.2, 0.25) is 0 Å². The number of benzene rings is 3. The predicted molar refractivity (Wildman–Crippen MR) is 181 cm³/mol. The fourth-order valence-corrected chi connectivity index (χ4v) is 5.00. The molecule has 0 saturated heterocycles. The van der Waals surface area contributed by atoms with Gasteiger partial charge in [-0.1, -0.05) is 67.1 Å². The Morgan fingerprint density at radius 3 is 1.67 bits per heavy atom. The van der Waals surface area contributed by atoms with Crippen molar-refractivity contribution in [1.29, 1.82) is 0 Å². The van der Waals surface area contributed by atoms with Crippen LogP contribution < -0.4 is 14.4 Å². The topological polar surface area (TPSA) is 122 Å². The Hall–Kier alpha value is -3.28. The number of rotatable bonds is 25. The van der Waals surface area contributed by atoms with Crippen molar-refractivity contribution in [3.63, 3.8) is 0 Å². The van der Waals surface area contributed by atoms with E-state index in [2.05, 4.69) is 0 Å². The van der Waals surface area contributed by atoms with E-state index in [4.69, 9.17) is 32.7 Å². The van der Waals surface area contributed by atoms with E-state index in [0.717, 1.165) is 24.0 Å². The molecule has 0 aromatic heterocycles. The number of unbranched alkanes of at least 4 members (excludes halogenated alkanes) is 3. The van der Waals surface area contributed by atoms with Crippen LogP contribution >= 0.6 is 7.82 Å². The Balaban J connectivity index is 1.40. The summed E-state index contributed by atoms with van der Waals surface area (Å²) in [7, 11) is 1.55. The van der Waals surface area contributed by atoms with Crippen molar-refractivity contribution in [3.8, 4) is 11.5 Å². The molecule has 264 valence electrons. The van der Waals surface area contributed by atoms with Crippen molar-refractivity contribution in [2.45, 2.75) is 38.9 Å². The molecule has 48 heavy (non-hydrogen) atoms. The maximum absolute atomic E-state index is 12.9. The molecule has 0 aliphatic carbocycles. The zero-order valence-corrected chi connectivity index (χ0v) is 29.3. The molecule has 0 N–H and O–H groups in total. The summed E-state index contributed by atoms with van der Waals surface area (Å²) < 4.78 is 51.0. The summed E-state index contributed by atoms with van der Waals surface area (Å²) in [5.74, 6) is 0.433. The highest BCUT2D eigenvalue weighted by Gasteiger charge is 2.14. The lowest BCUT2D eigenvalue weighted by atomic mass is 10.2. The summed E-state index contributed by atoms with van der Waals surface area (Å²) >= 11 is 0. The molecule has 0 spiro atoms. The van der Waals surface area contributed by atoms with Gasteiger partial charge < -0.3 is 42.1 Å². The third kappa shape index (κ3) is 17.8. The molecule has 11 nitrogen and oxygen atoms in total. The number of nitrogens with zero attached hydrogens (tertiary/aromatic N) is 1. The Morgan fingerprint density at radius 1 is 0.646 bits per heavy atom. The highest BCUT2D eigenvalue weighted by molar-refractivity contribution is 7.45. The van der Waals surface area contributed by atoms with Crippen molar-refractivity contribution < 1.29 is 51.5 Å². The molecule has 3 aromatic carbocycles. The molecule has 0 bridgehead atoms. The first kappa shape index (κ1) is 39.2. The fraction of sp³-hybridized carbons (Fsp3) is 0.472. The molecule has 0 aliphatic heterocycles. The summed E-state index contributed by atoms with van der Waals surface area (Å²) in [6.07, 6.45) is 2.63. The Bertz CT molecular complexity index is 1300. The summed E-state index contributed by atoms with van der Waals surface area (Å²) in [6.45, 7) is 3.17. The van der Waals surface area contributed by atoms with Crippen molar-refractivity contribution in [3.05, 3.63) is 95.6 Å². The molecule has 0 fully saturated rings. The minimum Gasteiger partial charge on any atom is -0.756 e. The summed E-state index contributed by atoms with van der Waals surface area (Å²) in [4.78, 5) is 24.8. The predicted octanol–water partition coefficient (Wildman–Crippen LogP) is 5.80. The molecule has 0 saturated carbocycles. The second kappa shape index (κ2) is 21.6. The number of hydrogen-bond acceptors (Lipinski definition) is 10. The Morgan fingerprint density at radius 2 is 1.15 bits per heavy atom. The van der Waals surface area contributed by atoms with E-state index < -0.39 is 13.8 Å². The highest BCUT2D eigenvalue weighted by Crippen LogP contribution is 2.38. The van der Waals surface area contributed by atoms with E-state index in [1.54, 1.807) is 18.2 Å².